The van der Waals surface area contributed by atoms with Gasteiger partial charge in [-0.1, -0.05) is 224 Å². The third-order valence-corrected chi connectivity index (χ3v) is 16.7. The number of rotatable bonds is 6. The van der Waals surface area contributed by atoms with E-state index in [-0.39, 0.29) is 10.8 Å². The van der Waals surface area contributed by atoms with E-state index in [1.165, 1.54) is 154 Å². The lowest BCUT2D eigenvalue weighted by Crippen LogP contribution is -2.10. The fourth-order valence-corrected chi connectivity index (χ4v) is 13.1. The molecular weight excluding hydrogens is 917 g/mol. The molecule has 15 aromatic rings. The molecule has 0 saturated carbocycles. The van der Waals surface area contributed by atoms with E-state index in [1.807, 2.05) is 0 Å². The van der Waals surface area contributed by atoms with Crippen LogP contribution in [-0.2, 0) is 10.8 Å². The average Bonchev–Trinajstić information content (AvgIpc) is 4.20. The van der Waals surface area contributed by atoms with Gasteiger partial charge in [-0.25, -0.2) is 0 Å². The van der Waals surface area contributed by atoms with Crippen LogP contribution >= 0.6 is 0 Å². The third-order valence-electron chi connectivity index (χ3n) is 16.7. The minimum absolute atomic E-state index is 0.0479. The molecule has 0 aliphatic carbocycles. The van der Waals surface area contributed by atoms with E-state index >= 15 is 0 Å². The first-order valence-electron chi connectivity index (χ1n) is 26.9. The van der Waals surface area contributed by atoms with Crippen LogP contribution in [0, 0.1) is 0 Å². The first-order valence-corrected chi connectivity index (χ1v) is 26.9. The number of hydrogen-bond donors (Lipinski definition) is 0. The molecule has 0 fully saturated rings. The van der Waals surface area contributed by atoms with Crippen LogP contribution in [0.2, 0.25) is 0 Å². The maximum absolute atomic E-state index is 2.62. The zero-order valence-electron chi connectivity index (χ0n) is 43.8. The lowest BCUT2D eigenvalue weighted by molar-refractivity contribution is 0.591. The van der Waals surface area contributed by atoms with Crippen molar-refractivity contribution in [2.45, 2.75) is 52.4 Å². The molecule has 0 spiro atoms. The molecule has 0 radical (unpaired) electrons. The van der Waals surface area contributed by atoms with Gasteiger partial charge in [0.15, 0.2) is 0 Å². The molecule has 76 heavy (non-hydrogen) atoms. The second-order valence-electron chi connectivity index (χ2n) is 23.2. The minimum Gasteiger partial charge on any atom is -0.308 e. The van der Waals surface area contributed by atoms with Gasteiger partial charge in [-0.3, -0.25) is 0 Å². The van der Waals surface area contributed by atoms with Gasteiger partial charge in [-0.15, -0.1) is 0 Å². The lowest BCUT2D eigenvalue weighted by atomic mass is 9.85. The maximum atomic E-state index is 2.62. The largest absolute Gasteiger partial charge is 0.308 e. The van der Waals surface area contributed by atoms with E-state index < -0.39 is 0 Å². The Morgan fingerprint density at radius 1 is 0.250 bits per heavy atom. The van der Waals surface area contributed by atoms with Gasteiger partial charge in [-0.05, 0) is 137 Å². The highest BCUT2D eigenvalue weighted by atomic mass is 14.9. The molecule has 362 valence electrons. The van der Waals surface area contributed by atoms with Gasteiger partial charge in [0, 0.05) is 43.1 Å². The first kappa shape index (κ1) is 44.5. The number of aromatic nitrogens is 2. The Morgan fingerprint density at radius 3 is 0.816 bits per heavy atom. The summed E-state index contributed by atoms with van der Waals surface area (Å²) < 4.78 is 5.25. The highest BCUT2D eigenvalue weighted by Crippen LogP contribution is 2.54. The summed E-state index contributed by atoms with van der Waals surface area (Å²) in [4.78, 5) is 0. The summed E-state index contributed by atoms with van der Waals surface area (Å²) in [5, 5.41) is 10.4. The average molecular weight is 973 g/mol. The molecule has 0 saturated heterocycles. The summed E-state index contributed by atoms with van der Waals surface area (Å²) in [6, 6.07) is 86.7. The second-order valence-corrected chi connectivity index (χ2v) is 23.2. The van der Waals surface area contributed by atoms with E-state index in [1.54, 1.807) is 0 Å². The number of benzene rings is 11. The van der Waals surface area contributed by atoms with Crippen molar-refractivity contribution < 1.29 is 0 Å². The zero-order valence-corrected chi connectivity index (χ0v) is 43.8. The Hall–Kier alpha value is -8.98. The Bertz CT molecular complexity index is 4350. The van der Waals surface area contributed by atoms with E-state index in [4.69, 9.17) is 0 Å². The molecule has 0 aliphatic rings. The number of fused-ring (bicyclic) bond motifs is 14. The highest BCUT2D eigenvalue weighted by molar-refractivity contribution is 6.45. The summed E-state index contributed by atoms with van der Waals surface area (Å²) in [7, 11) is 0. The van der Waals surface area contributed by atoms with E-state index in [9.17, 15) is 0 Å². The van der Waals surface area contributed by atoms with E-state index in [2.05, 4.69) is 281 Å². The van der Waals surface area contributed by atoms with Crippen molar-refractivity contribution in [1.29, 1.82) is 0 Å². The van der Waals surface area contributed by atoms with Crippen molar-refractivity contribution in [3.8, 4) is 66.8 Å². The molecule has 0 unspecified atom stereocenters. The van der Waals surface area contributed by atoms with Crippen molar-refractivity contribution >= 4 is 76.2 Å². The summed E-state index contributed by atoms with van der Waals surface area (Å²) in [6.07, 6.45) is 0. The Morgan fingerprint density at radius 2 is 0.526 bits per heavy atom. The van der Waals surface area contributed by atoms with Crippen LogP contribution < -0.4 is 0 Å². The smallest absolute Gasteiger partial charge is 0.0634 e. The third kappa shape index (κ3) is 6.47. The van der Waals surface area contributed by atoms with Gasteiger partial charge in [0.25, 0.3) is 0 Å². The molecule has 4 aromatic heterocycles. The molecule has 4 heterocycles. The van der Waals surface area contributed by atoms with Crippen LogP contribution in [0.4, 0.5) is 0 Å². The van der Waals surface area contributed by atoms with E-state index in [0.717, 1.165) is 0 Å². The number of nitrogens with zero attached hydrogens (tertiary/aromatic N) is 2. The maximum Gasteiger partial charge on any atom is 0.0634 e. The molecular formula is C74H56N2. The molecule has 0 atom stereocenters. The Balaban J connectivity index is 1.14. The van der Waals surface area contributed by atoms with Crippen molar-refractivity contribution in [3.05, 3.63) is 242 Å². The predicted octanol–water partition coefficient (Wildman–Crippen LogP) is 20.6. The van der Waals surface area contributed by atoms with Gasteiger partial charge in [0.2, 0.25) is 0 Å². The fourth-order valence-electron chi connectivity index (χ4n) is 13.1. The van der Waals surface area contributed by atoms with Crippen LogP contribution in [0.5, 0.6) is 0 Å². The summed E-state index contributed by atoms with van der Waals surface area (Å²) in [5.74, 6) is 0. The van der Waals surface area contributed by atoms with E-state index in [0.29, 0.717) is 0 Å². The molecule has 2 heteroatoms. The van der Waals surface area contributed by atoms with Crippen LogP contribution in [0.3, 0.4) is 0 Å². The lowest BCUT2D eigenvalue weighted by Gasteiger charge is -2.19. The van der Waals surface area contributed by atoms with Gasteiger partial charge >= 0.3 is 0 Å². The normalized spacial score (nSPS) is 12.6. The number of hydrogen-bond acceptors (Lipinski definition) is 0. The van der Waals surface area contributed by atoms with Crippen molar-refractivity contribution in [2.75, 3.05) is 0 Å². The monoisotopic (exact) mass is 972 g/mol. The molecule has 0 bridgehead atoms. The van der Waals surface area contributed by atoms with Crippen molar-refractivity contribution in [2.24, 2.45) is 0 Å². The first-order chi connectivity index (χ1) is 37.0. The zero-order chi connectivity index (χ0) is 51.2. The predicted molar refractivity (Wildman–Crippen MR) is 326 cm³/mol. The van der Waals surface area contributed by atoms with Crippen molar-refractivity contribution in [3.63, 3.8) is 0 Å². The van der Waals surface area contributed by atoms with Gasteiger partial charge in [0.05, 0.1) is 33.1 Å². The molecule has 11 aromatic carbocycles. The summed E-state index contributed by atoms with van der Waals surface area (Å²) in [5.41, 5.74) is 24.8. The quantitative estimate of drug-likeness (QED) is 0.157. The Kier molecular flexibility index (Phi) is 9.52. The Labute approximate surface area is 443 Å². The molecule has 2 nitrogen and oxygen atoms in total. The fraction of sp³-hybridized carbons (Fsp3) is 0.108. The minimum atomic E-state index is -0.0479. The van der Waals surface area contributed by atoms with Crippen molar-refractivity contribution in [1.82, 2.24) is 8.80 Å². The molecule has 0 amide bonds. The molecule has 15 rings (SSSR count). The van der Waals surface area contributed by atoms with Gasteiger partial charge in [0.1, 0.15) is 0 Å². The second kappa shape index (κ2) is 16.3. The van der Waals surface area contributed by atoms with Gasteiger partial charge in [-0.2, -0.15) is 0 Å². The van der Waals surface area contributed by atoms with Crippen LogP contribution in [0.1, 0.15) is 52.7 Å². The summed E-state index contributed by atoms with van der Waals surface area (Å²) >= 11 is 0. The highest BCUT2D eigenvalue weighted by Gasteiger charge is 2.31. The SMILES string of the molecule is CC(C)(C)c1ccc2c(c1)c1c3c4cc(-c5c(-c6ccccc6)cccc5-c5ccccc5)ccc4n4c5ccc(C(C)(C)C)cc5c(c5c6cc(-c7c(-c8ccccc8)cccc7-c7ccccc7)ccc6n2c51)c34. The van der Waals surface area contributed by atoms with Crippen LogP contribution in [0.15, 0.2) is 231 Å². The molecule has 0 aliphatic heterocycles. The van der Waals surface area contributed by atoms with Crippen LogP contribution in [0.25, 0.3) is 143 Å². The van der Waals surface area contributed by atoms with Gasteiger partial charge < -0.3 is 8.80 Å². The summed E-state index contributed by atoms with van der Waals surface area (Å²) in [6.45, 7) is 14.1. The van der Waals surface area contributed by atoms with Crippen LogP contribution in [-0.4, -0.2) is 8.80 Å². The standard InChI is InChI=1S/C74H56N2/c1-73(2,3)51-35-39-63-59(43-51)69-67-57-41-49(65-53(45-21-11-7-12-22-45)29-19-30-54(65)46-23-13-8-14-24-46)34-38-62(57)76-64-40-36-52(74(4,5)6)44-60(64)70(72(67)76)68-58-42-50(33-37-61(58)75(63)71(68)69)66-55(47-25-15-9-16-26-47)31-20-32-56(66)48-27-17-10-18-28-48/h7-44H,1-6H3. The molecule has 0 N–H and O–H groups in total. The topological polar surface area (TPSA) is 8.82 Å².